The van der Waals surface area contributed by atoms with E-state index in [1.54, 1.807) is 31.4 Å². The minimum Gasteiger partial charge on any atom is -0.497 e. The van der Waals surface area contributed by atoms with Gasteiger partial charge in [-0.25, -0.2) is 4.39 Å². The van der Waals surface area contributed by atoms with Crippen LogP contribution in [0.4, 0.5) is 4.39 Å². The van der Waals surface area contributed by atoms with Gasteiger partial charge in [-0.3, -0.25) is 0 Å². The smallest absolute Gasteiger partial charge is 0.130 e. The SMILES string of the molecule is COc1ccc(-c2cc(F)cc(C#N)c2)c(OC)c1. The maximum absolute atomic E-state index is 13.5. The molecule has 4 heteroatoms. The van der Waals surface area contributed by atoms with Crippen molar-refractivity contribution in [1.82, 2.24) is 0 Å². The lowest BCUT2D eigenvalue weighted by atomic mass is 10.0. The molecule has 0 amide bonds. The Kier molecular flexibility index (Phi) is 3.67. The molecule has 0 saturated heterocycles. The molecule has 96 valence electrons. The Balaban J connectivity index is 2.58. The predicted molar refractivity (Wildman–Crippen MR) is 69.7 cm³/mol. The number of ether oxygens (including phenoxy) is 2. The average molecular weight is 257 g/mol. The van der Waals surface area contributed by atoms with E-state index in [9.17, 15) is 4.39 Å². The van der Waals surface area contributed by atoms with Crippen molar-refractivity contribution in [3.05, 3.63) is 47.8 Å². The Hall–Kier alpha value is -2.54. The summed E-state index contributed by atoms with van der Waals surface area (Å²) in [4.78, 5) is 0. The van der Waals surface area contributed by atoms with Crippen molar-refractivity contribution in [2.75, 3.05) is 14.2 Å². The second kappa shape index (κ2) is 5.40. The zero-order chi connectivity index (χ0) is 13.8. The lowest BCUT2D eigenvalue weighted by Crippen LogP contribution is -1.91. The van der Waals surface area contributed by atoms with Crippen LogP contribution < -0.4 is 9.47 Å². The van der Waals surface area contributed by atoms with Gasteiger partial charge in [-0.2, -0.15) is 5.26 Å². The molecule has 2 aromatic carbocycles. The number of halogens is 1. The van der Waals surface area contributed by atoms with E-state index in [0.717, 1.165) is 0 Å². The van der Waals surface area contributed by atoms with Gasteiger partial charge in [0.2, 0.25) is 0 Å². The van der Waals surface area contributed by atoms with Crippen LogP contribution in [0, 0.1) is 17.1 Å². The third-order valence-electron chi connectivity index (χ3n) is 2.75. The van der Waals surface area contributed by atoms with Crippen molar-refractivity contribution < 1.29 is 13.9 Å². The molecule has 2 aromatic rings. The van der Waals surface area contributed by atoms with Crippen LogP contribution in [0.2, 0.25) is 0 Å². The summed E-state index contributed by atoms with van der Waals surface area (Å²) in [6, 6.07) is 11.4. The van der Waals surface area contributed by atoms with E-state index in [1.165, 1.54) is 19.2 Å². The molecular formula is C15H12FNO2. The number of rotatable bonds is 3. The second-order valence-electron chi connectivity index (χ2n) is 3.91. The lowest BCUT2D eigenvalue weighted by molar-refractivity contribution is 0.395. The highest BCUT2D eigenvalue weighted by molar-refractivity contribution is 5.72. The molecule has 0 bridgehead atoms. The third-order valence-corrected chi connectivity index (χ3v) is 2.75. The van der Waals surface area contributed by atoms with Crippen molar-refractivity contribution >= 4 is 0 Å². The molecule has 0 aliphatic carbocycles. The molecule has 0 N–H and O–H groups in total. The molecule has 3 nitrogen and oxygen atoms in total. The maximum Gasteiger partial charge on any atom is 0.130 e. The van der Waals surface area contributed by atoms with Crippen molar-refractivity contribution in [1.29, 1.82) is 5.26 Å². The fraction of sp³-hybridized carbons (Fsp3) is 0.133. The number of methoxy groups -OCH3 is 2. The Labute approximate surface area is 110 Å². The summed E-state index contributed by atoms with van der Waals surface area (Å²) in [6.45, 7) is 0. The van der Waals surface area contributed by atoms with Gasteiger partial charge in [0.05, 0.1) is 25.9 Å². The molecular weight excluding hydrogens is 245 g/mol. The molecule has 0 spiro atoms. The Bertz CT molecular complexity index is 647. The highest BCUT2D eigenvalue weighted by Crippen LogP contribution is 2.33. The number of hydrogen-bond acceptors (Lipinski definition) is 3. The molecule has 19 heavy (non-hydrogen) atoms. The summed E-state index contributed by atoms with van der Waals surface area (Å²) in [5.41, 5.74) is 1.57. The van der Waals surface area contributed by atoms with Gasteiger partial charge in [-0.1, -0.05) is 0 Å². The fourth-order valence-corrected chi connectivity index (χ4v) is 1.85. The molecule has 0 atom stereocenters. The van der Waals surface area contributed by atoms with Crippen LogP contribution in [0.5, 0.6) is 11.5 Å². The molecule has 0 fully saturated rings. The molecule has 0 heterocycles. The summed E-state index contributed by atoms with van der Waals surface area (Å²) in [5.74, 6) is 0.762. The standard InChI is InChI=1S/C15H12FNO2/c1-18-13-3-4-14(15(8-13)19-2)11-5-10(9-17)6-12(16)7-11/h3-8H,1-2H3. The highest BCUT2D eigenvalue weighted by Gasteiger charge is 2.09. The molecule has 0 saturated carbocycles. The molecule has 0 aromatic heterocycles. The van der Waals surface area contributed by atoms with E-state index in [-0.39, 0.29) is 5.56 Å². The fourth-order valence-electron chi connectivity index (χ4n) is 1.85. The van der Waals surface area contributed by atoms with E-state index < -0.39 is 5.82 Å². The number of nitriles is 1. The molecule has 0 aliphatic rings. The second-order valence-corrected chi connectivity index (χ2v) is 3.91. The minimum atomic E-state index is -0.452. The van der Waals surface area contributed by atoms with Gasteiger partial charge in [0, 0.05) is 11.6 Å². The average Bonchev–Trinajstić information content (AvgIpc) is 2.45. The molecule has 2 rings (SSSR count). The number of nitrogens with zero attached hydrogens (tertiary/aromatic N) is 1. The van der Waals surface area contributed by atoms with Crippen LogP contribution in [-0.2, 0) is 0 Å². The zero-order valence-electron chi connectivity index (χ0n) is 10.6. The molecule has 0 unspecified atom stereocenters. The van der Waals surface area contributed by atoms with Crippen LogP contribution in [0.3, 0.4) is 0 Å². The van der Waals surface area contributed by atoms with Gasteiger partial charge < -0.3 is 9.47 Å². The van der Waals surface area contributed by atoms with Gasteiger partial charge in [0.1, 0.15) is 17.3 Å². The van der Waals surface area contributed by atoms with Gasteiger partial charge in [0.15, 0.2) is 0 Å². The summed E-state index contributed by atoms with van der Waals surface area (Å²) in [6.07, 6.45) is 0. The van der Waals surface area contributed by atoms with Crippen LogP contribution in [0.25, 0.3) is 11.1 Å². The van der Waals surface area contributed by atoms with E-state index in [4.69, 9.17) is 14.7 Å². The van der Waals surface area contributed by atoms with Crippen LogP contribution in [0.1, 0.15) is 5.56 Å². The first-order chi connectivity index (χ1) is 9.17. The van der Waals surface area contributed by atoms with Crippen LogP contribution in [0.15, 0.2) is 36.4 Å². The normalized spacial score (nSPS) is 9.79. The van der Waals surface area contributed by atoms with Crippen LogP contribution >= 0.6 is 0 Å². The topological polar surface area (TPSA) is 42.2 Å². The first-order valence-electron chi connectivity index (χ1n) is 5.61. The van der Waals surface area contributed by atoms with Crippen LogP contribution in [-0.4, -0.2) is 14.2 Å². The summed E-state index contributed by atoms with van der Waals surface area (Å²) >= 11 is 0. The van der Waals surface area contributed by atoms with Gasteiger partial charge in [0.25, 0.3) is 0 Å². The van der Waals surface area contributed by atoms with Crippen molar-refractivity contribution in [2.45, 2.75) is 0 Å². The number of hydrogen-bond donors (Lipinski definition) is 0. The van der Waals surface area contributed by atoms with Gasteiger partial charge in [-0.15, -0.1) is 0 Å². The van der Waals surface area contributed by atoms with Gasteiger partial charge in [-0.05, 0) is 35.9 Å². The van der Waals surface area contributed by atoms with E-state index in [2.05, 4.69) is 0 Å². The third kappa shape index (κ3) is 2.66. The van der Waals surface area contributed by atoms with E-state index in [0.29, 0.717) is 22.6 Å². The lowest BCUT2D eigenvalue weighted by Gasteiger charge is -2.11. The largest absolute Gasteiger partial charge is 0.497 e. The van der Waals surface area contributed by atoms with Gasteiger partial charge >= 0.3 is 0 Å². The van der Waals surface area contributed by atoms with E-state index >= 15 is 0 Å². The Morgan fingerprint density at radius 3 is 2.47 bits per heavy atom. The van der Waals surface area contributed by atoms with Crippen molar-refractivity contribution in [3.63, 3.8) is 0 Å². The number of benzene rings is 2. The first-order valence-corrected chi connectivity index (χ1v) is 5.61. The predicted octanol–water partition coefficient (Wildman–Crippen LogP) is 3.38. The van der Waals surface area contributed by atoms with Crippen molar-refractivity contribution in [3.8, 4) is 28.7 Å². The summed E-state index contributed by atoms with van der Waals surface area (Å²) in [5, 5.41) is 8.87. The van der Waals surface area contributed by atoms with E-state index in [1.807, 2.05) is 6.07 Å². The summed E-state index contributed by atoms with van der Waals surface area (Å²) in [7, 11) is 3.09. The Morgan fingerprint density at radius 1 is 1.05 bits per heavy atom. The first kappa shape index (κ1) is 12.9. The monoisotopic (exact) mass is 257 g/mol. The zero-order valence-corrected chi connectivity index (χ0v) is 10.6. The van der Waals surface area contributed by atoms with Crippen molar-refractivity contribution in [2.24, 2.45) is 0 Å². The minimum absolute atomic E-state index is 0.271. The summed E-state index contributed by atoms with van der Waals surface area (Å²) < 4.78 is 23.8. The maximum atomic E-state index is 13.5. The quantitative estimate of drug-likeness (QED) is 0.846. The Morgan fingerprint density at radius 2 is 1.84 bits per heavy atom. The molecule has 0 aliphatic heterocycles. The highest BCUT2D eigenvalue weighted by atomic mass is 19.1. The molecule has 0 radical (unpaired) electrons.